The predicted molar refractivity (Wildman–Crippen MR) is 119 cm³/mol. The van der Waals surface area contributed by atoms with Gasteiger partial charge < -0.3 is 25.5 Å². The zero-order valence-electron chi connectivity index (χ0n) is 18.4. The van der Waals surface area contributed by atoms with Crippen LogP contribution in [-0.2, 0) is 0 Å². The van der Waals surface area contributed by atoms with Crippen LogP contribution in [0.1, 0.15) is 67.4 Å². The topological polar surface area (TPSA) is 107 Å². The fourth-order valence-electron chi connectivity index (χ4n) is 5.60. The molecule has 4 N–H and O–H groups in total. The van der Waals surface area contributed by atoms with Crippen molar-refractivity contribution in [2.24, 2.45) is 17.6 Å². The fourth-order valence-corrected chi connectivity index (χ4v) is 5.60. The van der Waals surface area contributed by atoms with E-state index in [0.717, 1.165) is 43.3 Å². The number of benzene rings is 1. The smallest absolute Gasteiger partial charge is 0.341 e. The van der Waals surface area contributed by atoms with Crippen LogP contribution in [0.15, 0.2) is 23.1 Å². The highest BCUT2D eigenvalue weighted by molar-refractivity contribution is 5.95. The van der Waals surface area contributed by atoms with Gasteiger partial charge in [-0.1, -0.05) is 13.0 Å². The van der Waals surface area contributed by atoms with Gasteiger partial charge in [-0.15, -0.1) is 0 Å². The van der Waals surface area contributed by atoms with Gasteiger partial charge >= 0.3 is 5.97 Å². The molecule has 3 fully saturated rings. The van der Waals surface area contributed by atoms with Gasteiger partial charge in [0.15, 0.2) is 0 Å². The molecule has 5 rings (SSSR count). The first-order chi connectivity index (χ1) is 14.8. The number of ether oxygens (including phenoxy) is 1. The Bertz CT molecular complexity index is 1120. The van der Waals surface area contributed by atoms with E-state index in [2.05, 4.69) is 19.2 Å². The van der Waals surface area contributed by atoms with E-state index in [1.165, 1.54) is 6.20 Å². The van der Waals surface area contributed by atoms with E-state index in [1.807, 2.05) is 10.6 Å². The van der Waals surface area contributed by atoms with Gasteiger partial charge in [-0.3, -0.25) is 4.79 Å². The molecule has 4 unspecified atom stereocenters. The summed E-state index contributed by atoms with van der Waals surface area (Å²) in [7, 11) is 1.64. The molecule has 1 aromatic heterocycles. The highest BCUT2D eigenvalue weighted by Crippen LogP contribution is 2.60. The maximum absolute atomic E-state index is 12.9. The highest BCUT2D eigenvalue weighted by atomic mass is 16.5. The zero-order valence-corrected chi connectivity index (χ0v) is 18.4. The average Bonchev–Trinajstić information content (AvgIpc) is 3.64. The number of aromatic carboxylic acids is 1. The molecule has 3 aliphatic rings. The maximum atomic E-state index is 12.9. The van der Waals surface area contributed by atoms with E-state index >= 15 is 0 Å². The Balaban J connectivity index is 1.58. The minimum absolute atomic E-state index is 0.0699. The lowest BCUT2D eigenvalue weighted by molar-refractivity contribution is 0.0695. The minimum Gasteiger partial charge on any atom is -0.494 e. The number of methoxy groups -OCH3 is 1. The van der Waals surface area contributed by atoms with Gasteiger partial charge in [0.2, 0.25) is 5.43 Å². The second kappa shape index (κ2) is 7.07. The third kappa shape index (κ3) is 3.17. The molecule has 7 nitrogen and oxygen atoms in total. The predicted octanol–water partition coefficient (Wildman–Crippen LogP) is 2.86. The van der Waals surface area contributed by atoms with Crippen molar-refractivity contribution in [1.82, 2.24) is 9.88 Å². The van der Waals surface area contributed by atoms with Crippen molar-refractivity contribution < 1.29 is 14.6 Å². The van der Waals surface area contributed by atoms with Gasteiger partial charge in [0.1, 0.15) is 11.3 Å². The third-order valence-corrected chi connectivity index (χ3v) is 7.92. The van der Waals surface area contributed by atoms with E-state index in [4.69, 9.17) is 10.5 Å². The normalized spacial score (nSPS) is 29.3. The van der Waals surface area contributed by atoms with Crippen LogP contribution in [0.3, 0.4) is 0 Å². The molecule has 1 saturated heterocycles. The van der Waals surface area contributed by atoms with Crippen LogP contribution < -0.4 is 21.2 Å². The van der Waals surface area contributed by atoms with Crippen molar-refractivity contribution in [3.63, 3.8) is 0 Å². The summed E-state index contributed by atoms with van der Waals surface area (Å²) in [6, 6.07) is 4.16. The number of rotatable bonds is 6. The van der Waals surface area contributed by atoms with Gasteiger partial charge in [0.25, 0.3) is 0 Å². The maximum Gasteiger partial charge on any atom is 0.341 e. The van der Waals surface area contributed by atoms with E-state index < -0.39 is 11.4 Å². The van der Waals surface area contributed by atoms with Crippen molar-refractivity contribution in [1.29, 1.82) is 0 Å². The lowest BCUT2D eigenvalue weighted by Crippen LogP contribution is -2.31. The molecule has 1 aliphatic heterocycles. The van der Waals surface area contributed by atoms with Crippen LogP contribution in [0.4, 0.5) is 0 Å². The molecule has 5 atom stereocenters. The third-order valence-electron chi connectivity index (χ3n) is 7.92. The lowest BCUT2D eigenvalue weighted by atomic mass is 9.85. The molecular formula is C24H31N3O4. The summed E-state index contributed by atoms with van der Waals surface area (Å²) >= 11 is 0. The molecule has 2 saturated carbocycles. The Kier molecular flexibility index (Phi) is 4.68. The molecule has 7 heteroatoms. The molecule has 31 heavy (non-hydrogen) atoms. The first kappa shape index (κ1) is 20.5. The van der Waals surface area contributed by atoms with Crippen molar-refractivity contribution in [2.75, 3.05) is 13.7 Å². The number of hydrogen-bond donors (Lipinski definition) is 3. The van der Waals surface area contributed by atoms with Crippen molar-refractivity contribution in [2.45, 2.75) is 63.1 Å². The standard InChI is InChI=1S/C24H31N3O4/c1-12(13(2)25)14-8-24(26-10-14)9-19(24)16-6-7-17-20(22(16)31-3)27(15-4-5-15)11-18(21(17)28)23(29)30/h6-7,11-15,19,26H,4-5,8-10,25H2,1-3H3,(H,29,30)/t12-,13?,14?,19?,24?/m1/s1. The number of nitrogens with one attached hydrogen (secondary N) is 1. The second-order valence-electron chi connectivity index (χ2n) is 9.88. The molecule has 0 radical (unpaired) electrons. The lowest BCUT2D eigenvalue weighted by Gasteiger charge is -2.22. The molecule has 0 bridgehead atoms. The largest absolute Gasteiger partial charge is 0.494 e. The summed E-state index contributed by atoms with van der Waals surface area (Å²) in [5.74, 6) is 0.861. The number of fused-ring (bicyclic) bond motifs is 1. The van der Waals surface area contributed by atoms with Gasteiger partial charge in [-0.05, 0) is 57.1 Å². The number of carboxylic acid groups (broad SMARTS) is 1. The number of nitrogens with two attached hydrogens (primary N) is 1. The molecule has 166 valence electrons. The van der Waals surface area contributed by atoms with Crippen LogP contribution >= 0.6 is 0 Å². The Hall–Kier alpha value is -2.38. The van der Waals surface area contributed by atoms with Gasteiger partial charge in [0, 0.05) is 35.3 Å². The highest BCUT2D eigenvalue weighted by Gasteiger charge is 2.59. The molecule has 1 spiro atoms. The Morgan fingerprint density at radius 3 is 2.68 bits per heavy atom. The monoisotopic (exact) mass is 425 g/mol. The molecule has 2 heterocycles. The molecule has 2 aromatic rings. The van der Waals surface area contributed by atoms with Crippen LogP contribution in [0, 0.1) is 11.8 Å². The van der Waals surface area contributed by atoms with Crippen LogP contribution in [0.25, 0.3) is 10.9 Å². The number of pyridine rings is 1. The Labute approximate surface area is 181 Å². The average molecular weight is 426 g/mol. The number of nitrogens with zero attached hydrogens (tertiary/aromatic N) is 1. The summed E-state index contributed by atoms with van der Waals surface area (Å²) in [6.45, 7) is 5.29. The van der Waals surface area contributed by atoms with Crippen molar-refractivity contribution in [3.8, 4) is 5.75 Å². The Morgan fingerprint density at radius 1 is 1.32 bits per heavy atom. The van der Waals surface area contributed by atoms with Gasteiger partial charge in [-0.2, -0.15) is 0 Å². The fraction of sp³-hybridized carbons (Fsp3) is 0.583. The Morgan fingerprint density at radius 2 is 2.06 bits per heavy atom. The molecular weight excluding hydrogens is 394 g/mol. The number of carbonyl (C=O) groups is 1. The first-order valence-electron chi connectivity index (χ1n) is 11.3. The van der Waals surface area contributed by atoms with Crippen LogP contribution in [0.2, 0.25) is 0 Å². The summed E-state index contributed by atoms with van der Waals surface area (Å²) in [5.41, 5.74) is 7.44. The van der Waals surface area contributed by atoms with E-state index in [0.29, 0.717) is 28.9 Å². The quantitative estimate of drug-likeness (QED) is 0.657. The summed E-state index contributed by atoms with van der Waals surface area (Å²) in [5, 5.41) is 13.7. The number of carboxylic acids is 1. The number of hydrogen-bond acceptors (Lipinski definition) is 5. The van der Waals surface area contributed by atoms with Crippen LogP contribution in [-0.4, -0.2) is 40.9 Å². The second-order valence-corrected chi connectivity index (χ2v) is 9.88. The SMILES string of the molecule is COc1c(C2CC23CC([C@H](C)C(C)N)CN3)ccc2c(=O)c(C(=O)O)cn(C3CC3)c12. The summed E-state index contributed by atoms with van der Waals surface area (Å²) < 4.78 is 7.85. The molecule has 2 aliphatic carbocycles. The molecule has 1 aromatic carbocycles. The van der Waals surface area contributed by atoms with E-state index in [9.17, 15) is 14.7 Å². The first-order valence-corrected chi connectivity index (χ1v) is 11.3. The van der Waals surface area contributed by atoms with Gasteiger partial charge in [-0.25, -0.2) is 4.79 Å². The van der Waals surface area contributed by atoms with Crippen molar-refractivity contribution in [3.05, 3.63) is 39.7 Å². The van der Waals surface area contributed by atoms with E-state index in [-0.39, 0.29) is 23.2 Å². The number of aromatic nitrogens is 1. The van der Waals surface area contributed by atoms with Crippen molar-refractivity contribution >= 4 is 16.9 Å². The zero-order chi connectivity index (χ0) is 22.1. The molecule has 0 amide bonds. The summed E-state index contributed by atoms with van der Waals surface area (Å²) in [4.78, 5) is 24.5. The van der Waals surface area contributed by atoms with E-state index in [1.54, 1.807) is 13.2 Å². The van der Waals surface area contributed by atoms with Crippen LogP contribution in [0.5, 0.6) is 5.75 Å². The summed E-state index contributed by atoms with van der Waals surface area (Å²) in [6.07, 6.45) is 5.60. The minimum atomic E-state index is -1.19. The van der Waals surface area contributed by atoms with Gasteiger partial charge in [0.05, 0.1) is 18.0 Å².